The van der Waals surface area contributed by atoms with Gasteiger partial charge < -0.3 is 0 Å². The molecule has 0 saturated carbocycles. The molecule has 0 radical (unpaired) electrons. The lowest BCUT2D eigenvalue weighted by molar-refractivity contribution is -0.385. The van der Waals surface area contributed by atoms with Crippen molar-refractivity contribution in [2.75, 3.05) is 0 Å². The number of hydrogen-bond acceptors (Lipinski definition) is 4. The third kappa shape index (κ3) is 2.04. The van der Waals surface area contributed by atoms with Crippen molar-refractivity contribution in [3.8, 4) is 0 Å². The summed E-state index contributed by atoms with van der Waals surface area (Å²) < 4.78 is 13.2. The largest absolute Gasteiger partial charge is 0.297 e. The van der Waals surface area contributed by atoms with E-state index in [0.717, 1.165) is 6.07 Å². The molecule has 76 valence electrons. The molecule has 0 heterocycles. The zero-order chi connectivity index (χ0) is 10.7. The number of nitrogens with two attached hydrogens (primary N) is 1. The van der Waals surface area contributed by atoms with E-state index in [0.29, 0.717) is 0 Å². The smallest absolute Gasteiger partial charge is 0.272 e. The maximum Gasteiger partial charge on any atom is 0.272 e. The zero-order valence-electron chi connectivity index (χ0n) is 7.44. The molecule has 0 aliphatic carbocycles. The van der Waals surface area contributed by atoms with Crippen molar-refractivity contribution >= 4 is 5.69 Å². The van der Waals surface area contributed by atoms with Crippen LogP contribution in [0.4, 0.5) is 10.1 Å². The topological polar surface area (TPSA) is 78.4 Å². The van der Waals surface area contributed by atoms with Crippen molar-refractivity contribution in [2.45, 2.75) is 13.0 Å². The Bertz CT molecular complexity index is 356. The Morgan fingerprint density at radius 3 is 2.71 bits per heavy atom. The van der Waals surface area contributed by atoms with Crippen LogP contribution >= 0.6 is 0 Å². The van der Waals surface area contributed by atoms with Crippen molar-refractivity contribution in [2.24, 2.45) is 5.90 Å². The van der Waals surface area contributed by atoms with Crippen LogP contribution in [0.15, 0.2) is 18.2 Å². The van der Waals surface area contributed by atoms with Gasteiger partial charge in [-0.2, -0.15) is 0 Å². The van der Waals surface area contributed by atoms with Crippen LogP contribution in [0.2, 0.25) is 0 Å². The maximum absolute atomic E-state index is 13.2. The fourth-order valence-corrected chi connectivity index (χ4v) is 1.03. The van der Waals surface area contributed by atoms with Crippen LogP contribution in [0.1, 0.15) is 18.6 Å². The monoisotopic (exact) mass is 200 g/mol. The van der Waals surface area contributed by atoms with Gasteiger partial charge in [-0.1, -0.05) is 0 Å². The molecule has 0 fully saturated rings. The average molecular weight is 200 g/mol. The molecule has 1 aromatic rings. The fourth-order valence-electron chi connectivity index (χ4n) is 1.03. The second-order valence-electron chi connectivity index (χ2n) is 2.74. The van der Waals surface area contributed by atoms with E-state index in [1.54, 1.807) is 6.92 Å². The van der Waals surface area contributed by atoms with Crippen LogP contribution in [-0.2, 0) is 4.84 Å². The molecular formula is C8H9FN2O3. The van der Waals surface area contributed by atoms with Crippen LogP contribution < -0.4 is 5.90 Å². The Hall–Kier alpha value is -1.53. The minimum atomic E-state index is -0.697. The van der Waals surface area contributed by atoms with Gasteiger partial charge in [-0.05, 0) is 13.0 Å². The summed E-state index contributed by atoms with van der Waals surface area (Å²) in [4.78, 5) is 14.0. The Balaban J connectivity index is 3.07. The highest BCUT2D eigenvalue weighted by Crippen LogP contribution is 2.22. The number of nitro benzene ring substituents is 1. The van der Waals surface area contributed by atoms with E-state index >= 15 is 0 Å². The summed E-state index contributed by atoms with van der Waals surface area (Å²) in [6, 6.07) is 3.32. The van der Waals surface area contributed by atoms with E-state index in [2.05, 4.69) is 4.84 Å². The molecule has 0 spiro atoms. The highest BCUT2D eigenvalue weighted by atomic mass is 19.1. The van der Waals surface area contributed by atoms with Gasteiger partial charge in [0.2, 0.25) is 0 Å². The van der Waals surface area contributed by atoms with Crippen LogP contribution in [0, 0.1) is 15.9 Å². The molecule has 14 heavy (non-hydrogen) atoms. The van der Waals surface area contributed by atoms with E-state index in [9.17, 15) is 14.5 Å². The van der Waals surface area contributed by atoms with Crippen molar-refractivity contribution in [1.82, 2.24) is 0 Å². The molecule has 0 amide bonds. The van der Waals surface area contributed by atoms with E-state index in [-0.39, 0.29) is 11.3 Å². The van der Waals surface area contributed by atoms with E-state index in [1.165, 1.54) is 12.1 Å². The number of benzene rings is 1. The molecule has 1 unspecified atom stereocenters. The first kappa shape index (κ1) is 10.6. The van der Waals surface area contributed by atoms with E-state index < -0.39 is 16.8 Å². The van der Waals surface area contributed by atoms with Crippen molar-refractivity contribution in [3.63, 3.8) is 0 Å². The summed E-state index contributed by atoms with van der Waals surface area (Å²) in [5.74, 6) is 4.17. The summed E-state index contributed by atoms with van der Waals surface area (Å²) in [7, 11) is 0. The number of halogens is 1. The normalized spacial score (nSPS) is 12.5. The first-order valence-corrected chi connectivity index (χ1v) is 3.85. The highest BCUT2D eigenvalue weighted by molar-refractivity contribution is 5.35. The SMILES string of the molecule is CC(ON)c1ccc([N+](=O)[O-])cc1F. The number of nitro groups is 1. The first-order valence-electron chi connectivity index (χ1n) is 3.85. The second kappa shape index (κ2) is 4.12. The van der Waals surface area contributed by atoms with Gasteiger partial charge in [0.25, 0.3) is 5.69 Å². The summed E-state index contributed by atoms with van der Waals surface area (Å²) in [5, 5.41) is 10.3. The molecule has 2 N–H and O–H groups in total. The highest BCUT2D eigenvalue weighted by Gasteiger charge is 2.14. The predicted octanol–water partition coefficient (Wildman–Crippen LogP) is 1.69. The molecule has 0 aliphatic heterocycles. The van der Waals surface area contributed by atoms with Crippen LogP contribution in [0.5, 0.6) is 0 Å². The molecule has 0 aliphatic rings. The standard InChI is InChI=1S/C8H9FN2O3/c1-5(14-10)7-3-2-6(11(12)13)4-8(7)9/h2-5H,10H2,1H3. The lowest BCUT2D eigenvalue weighted by Crippen LogP contribution is -2.07. The van der Waals surface area contributed by atoms with Gasteiger partial charge in [0, 0.05) is 11.6 Å². The summed E-state index contributed by atoms with van der Waals surface area (Å²) in [6.07, 6.45) is -0.629. The van der Waals surface area contributed by atoms with Crippen LogP contribution in [0.25, 0.3) is 0 Å². The molecule has 6 heteroatoms. The molecule has 5 nitrogen and oxygen atoms in total. The molecule has 1 aromatic carbocycles. The second-order valence-corrected chi connectivity index (χ2v) is 2.74. The third-order valence-corrected chi connectivity index (χ3v) is 1.84. The van der Waals surface area contributed by atoms with Gasteiger partial charge in [-0.25, -0.2) is 10.3 Å². The quantitative estimate of drug-likeness (QED) is 0.594. The van der Waals surface area contributed by atoms with Crippen LogP contribution in [0.3, 0.4) is 0 Å². The van der Waals surface area contributed by atoms with Gasteiger partial charge >= 0.3 is 0 Å². The summed E-state index contributed by atoms with van der Waals surface area (Å²) in [5.41, 5.74) is -0.103. The minimum Gasteiger partial charge on any atom is -0.297 e. The molecule has 0 aromatic heterocycles. The van der Waals surface area contributed by atoms with Crippen molar-refractivity contribution < 1.29 is 14.2 Å². The lowest BCUT2D eigenvalue weighted by Gasteiger charge is -2.09. The average Bonchev–Trinajstić information content (AvgIpc) is 2.16. The van der Waals surface area contributed by atoms with Gasteiger partial charge in [0.15, 0.2) is 0 Å². The first-order chi connectivity index (χ1) is 6.56. The van der Waals surface area contributed by atoms with E-state index in [4.69, 9.17) is 5.90 Å². The number of rotatable bonds is 3. The Labute approximate surface area is 79.4 Å². The summed E-state index contributed by atoms with van der Waals surface area (Å²) in [6.45, 7) is 1.55. The number of non-ortho nitro benzene ring substituents is 1. The third-order valence-electron chi connectivity index (χ3n) is 1.84. The number of hydrogen-bond donors (Lipinski definition) is 1. The Morgan fingerprint density at radius 1 is 1.64 bits per heavy atom. The summed E-state index contributed by atoms with van der Waals surface area (Å²) >= 11 is 0. The Kier molecular flexibility index (Phi) is 3.10. The van der Waals surface area contributed by atoms with Crippen LogP contribution in [-0.4, -0.2) is 4.92 Å². The van der Waals surface area contributed by atoms with Gasteiger partial charge in [0.1, 0.15) is 11.9 Å². The fraction of sp³-hybridized carbons (Fsp3) is 0.250. The molecule has 0 bridgehead atoms. The Morgan fingerprint density at radius 2 is 2.29 bits per heavy atom. The van der Waals surface area contributed by atoms with Crippen molar-refractivity contribution in [3.05, 3.63) is 39.7 Å². The zero-order valence-corrected chi connectivity index (χ0v) is 7.44. The van der Waals surface area contributed by atoms with E-state index in [1.807, 2.05) is 0 Å². The molecular weight excluding hydrogens is 191 g/mol. The van der Waals surface area contributed by atoms with Gasteiger partial charge in [0.05, 0.1) is 11.0 Å². The van der Waals surface area contributed by atoms with Crippen molar-refractivity contribution in [1.29, 1.82) is 0 Å². The molecule has 0 saturated heterocycles. The number of nitrogens with zero attached hydrogens (tertiary/aromatic N) is 1. The lowest BCUT2D eigenvalue weighted by atomic mass is 10.1. The predicted molar refractivity (Wildman–Crippen MR) is 46.7 cm³/mol. The van der Waals surface area contributed by atoms with Gasteiger partial charge in [-0.15, -0.1) is 0 Å². The minimum absolute atomic E-state index is 0.193. The molecule has 1 rings (SSSR count). The van der Waals surface area contributed by atoms with Gasteiger partial charge in [-0.3, -0.25) is 15.0 Å². The maximum atomic E-state index is 13.2. The molecule has 1 atom stereocenters.